The van der Waals surface area contributed by atoms with Gasteiger partial charge in [0.05, 0.1) is 18.1 Å². The van der Waals surface area contributed by atoms with E-state index in [1.54, 1.807) is 4.90 Å². The van der Waals surface area contributed by atoms with Gasteiger partial charge in [-0.2, -0.15) is 0 Å². The Bertz CT molecular complexity index is 529. The summed E-state index contributed by atoms with van der Waals surface area (Å²) in [6.07, 6.45) is 2.02. The van der Waals surface area contributed by atoms with Gasteiger partial charge in [-0.05, 0) is 6.42 Å². The van der Waals surface area contributed by atoms with E-state index in [9.17, 15) is 14.9 Å². The van der Waals surface area contributed by atoms with E-state index in [1.165, 1.54) is 6.07 Å². The van der Waals surface area contributed by atoms with Crippen LogP contribution in [0.5, 0.6) is 0 Å². The molecule has 0 aliphatic carbocycles. The topological polar surface area (TPSA) is 97.6 Å². The number of carbonyl (C=O) groups excluding carboxylic acids is 1. The van der Waals surface area contributed by atoms with Gasteiger partial charge in [-0.3, -0.25) is 14.9 Å². The third kappa shape index (κ3) is 3.66. The Morgan fingerprint density at radius 2 is 2.24 bits per heavy atom. The highest BCUT2D eigenvalue weighted by Gasteiger charge is 2.27. The molecule has 21 heavy (non-hydrogen) atoms. The molecule has 1 aromatic heterocycles. The molecule has 1 amide bonds. The molecule has 1 aliphatic heterocycles. The van der Waals surface area contributed by atoms with Gasteiger partial charge in [0.2, 0.25) is 0 Å². The van der Waals surface area contributed by atoms with Crippen LogP contribution in [0.2, 0.25) is 0 Å². The molecule has 0 saturated carbocycles. The third-order valence-corrected chi connectivity index (χ3v) is 3.16. The first-order valence-electron chi connectivity index (χ1n) is 6.88. The summed E-state index contributed by atoms with van der Waals surface area (Å²) in [4.78, 5) is 28.5. The summed E-state index contributed by atoms with van der Waals surface area (Å²) < 4.78 is 5.19. The molecule has 0 bridgehead atoms. The Kier molecular flexibility index (Phi) is 5.04. The molecule has 0 spiro atoms. The van der Waals surface area contributed by atoms with E-state index in [1.807, 2.05) is 6.92 Å². The number of pyridine rings is 1. The number of morpholine rings is 1. The molecule has 1 fully saturated rings. The number of aromatic nitrogens is 1. The van der Waals surface area contributed by atoms with Crippen molar-refractivity contribution in [3.8, 4) is 0 Å². The SMILES string of the molecule is CCCNc1cc(C(=O)N2CCOCC2)c([N+](=O)[O-])cn1. The second kappa shape index (κ2) is 6.98. The van der Waals surface area contributed by atoms with Crippen LogP contribution < -0.4 is 5.32 Å². The number of amides is 1. The van der Waals surface area contributed by atoms with Crippen LogP contribution in [-0.2, 0) is 4.74 Å². The van der Waals surface area contributed by atoms with Crippen LogP contribution in [0.1, 0.15) is 23.7 Å². The highest BCUT2D eigenvalue weighted by molar-refractivity contribution is 5.98. The third-order valence-electron chi connectivity index (χ3n) is 3.16. The summed E-state index contributed by atoms with van der Waals surface area (Å²) in [5.41, 5.74) is -0.205. The summed E-state index contributed by atoms with van der Waals surface area (Å²) in [5.74, 6) is 0.117. The highest BCUT2D eigenvalue weighted by atomic mass is 16.6. The highest BCUT2D eigenvalue weighted by Crippen LogP contribution is 2.22. The minimum atomic E-state index is -0.579. The van der Waals surface area contributed by atoms with Crippen molar-refractivity contribution in [2.75, 3.05) is 38.2 Å². The standard InChI is InChI=1S/C13H18N4O4/c1-2-3-14-12-8-10(11(9-15-12)17(19)20)13(18)16-4-6-21-7-5-16/h8-9H,2-7H2,1H3,(H,14,15). The molecule has 2 heterocycles. The van der Waals surface area contributed by atoms with Gasteiger partial charge in [0.25, 0.3) is 11.6 Å². The number of nitro groups is 1. The molecule has 0 unspecified atom stereocenters. The first kappa shape index (κ1) is 15.2. The van der Waals surface area contributed by atoms with Crippen molar-refractivity contribution in [1.29, 1.82) is 0 Å². The first-order chi connectivity index (χ1) is 10.1. The molecular formula is C13H18N4O4. The van der Waals surface area contributed by atoms with Crippen molar-refractivity contribution in [3.63, 3.8) is 0 Å². The smallest absolute Gasteiger partial charge is 0.300 e. The van der Waals surface area contributed by atoms with Crippen LogP contribution >= 0.6 is 0 Å². The number of carbonyl (C=O) groups is 1. The predicted molar refractivity (Wildman–Crippen MR) is 76.4 cm³/mol. The number of rotatable bonds is 5. The monoisotopic (exact) mass is 294 g/mol. The van der Waals surface area contributed by atoms with Gasteiger partial charge < -0.3 is 15.0 Å². The van der Waals surface area contributed by atoms with Crippen LogP contribution in [-0.4, -0.2) is 53.6 Å². The molecule has 8 heteroatoms. The maximum absolute atomic E-state index is 12.5. The van der Waals surface area contributed by atoms with Gasteiger partial charge in [0, 0.05) is 25.7 Å². The molecule has 1 saturated heterocycles. The Balaban J connectivity index is 2.28. The molecule has 1 N–H and O–H groups in total. The van der Waals surface area contributed by atoms with E-state index in [-0.39, 0.29) is 17.2 Å². The summed E-state index contributed by atoms with van der Waals surface area (Å²) in [7, 11) is 0. The van der Waals surface area contributed by atoms with Gasteiger partial charge in [0.15, 0.2) is 0 Å². The molecule has 8 nitrogen and oxygen atoms in total. The first-order valence-corrected chi connectivity index (χ1v) is 6.88. The van der Waals surface area contributed by atoms with Gasteiger partial charge in [0.1, 0.15) is 17.6 Å². The fourth-order valence-electron chi connectivity index (χ4n) is 2.05. The minimum Gasteiger partial charge on any atom is -0.378 e. The average Bonchev–Trinajstić information content (AvgIpc) is 2.52. The summed E-state index contributed by atoms with van der Waals surface area (Å²) in [6, 6.07) is 1.45. The molecular weight excluding hydrogens is 276 g/mol. The van der Waals surface area contributed by atoms with Crippen molar-refractivity contribution in [1.82, 2.24) is 9.88 Å². The largest absolute Gasteiger partial charge is 0.378 e. The minimum absolute atomic E-state index is 0.0653. The lowest BCUT2D eigenvalue weighted by atomic mass is 10.2. The Morgan fingerprint density at radius 1 is 1.52 bits per heavy atom. The Labute approximate surface area is 122 Å². The lowest BCUT2D eigenvalue weighted by Crippen LogP contribution is -2.40. The van der Waals surface area contributed by atoms with Crippen molar-refractivity contribution in [3.05, 3.63) is 27.9 Å². The zero-order valence-electron chi connectivity index (χ0n) is 11.9. The number of nitrogens with one attached hydrogen (secondary N) is 1. The van der Waals surface area contributed by atoms with Gasteiger partial charge in [-0.15, -0.1) is 0 Å². The van der Waals surface area contributed by atoms with Crippen molar-refractivity contribution in [2.24, 2.45) is 0 Å². The summed E-state index contributed by atoms with van der Waals surface area (Å²) in [6.45, 7) is 4.47. The molecule has 1 aliphatic rings. The lowest BCUT2D eigenvalue weighted by molar-refractivity contribution is -0.385. The van der Waals surface area contributed by atoms with Crippen molar-refractivity contribution >= 4 is 17.4 Å². The predicted octanol–water partition coefficient (Wildman–Crippen LogP) is 1.28. The zero-order valence-corrected chi connectivity index (χ0v) is 11.9. The van der Waals surface area contributed by atoms with Crippen LogP contribution in [0, 0.1) is 10.1 Å². The maximum atomic E-state index is 12.5. The van der Waals surface area contributed by atoms with E-state index < -0.39 is 4.92 Å². The molecule has 1 aromatic rings. The van der Waals surface area contributed by atoms with Gasteiger partial charge in [-0.25, -0.2) is 4.98 Å². The van der Waals surface area contributed by atoms with E-state index in [2.05, 4.69) is 10.3 Å². The Hall–Kier alpha value is -2.22. The number of hydrogen-bond donors (Lipinski definition) is 1. The van der Waals surface area contributed by atoms with E-state index in [0.29, 0.717) is 38.7 Å². The molecule has 2 rings (SSSR count). The van der Waals surface area contributed by atoms with Crippen LogP contribution in [0.15, 0.2) is 12.3 Å². The zero-order chi connectivity index (χ0) is 15.2. The van der Waals surface area contributed by atoms with Crippen LogP contribution in [0.3, 0.4) is 0 Å². The van der Waals surface area contributed by atoms with E-state index >= 15 is 0 Å². The number of ether oxygens (including phenoxy) is 1. The van der Waals surface area contributed by atoms with Crippen molar-refractivity contribution < 1.29 is 14.5 Å². The molecule has 114 valence electrons. The molecule has 0 radical (unpaired) electrons. The number of nitrogens with zero attached hydrogens (tertiary/aromatic N) is 3. The fraction of sp³-hybridized carbons (Fsp3) is 0.538. The second-order valence-electron chi connectivity index (χ2n) is 4.68. The van der Waals surface area contributed by atoms with Gasteiger partial charge >= 0.3 is 0 Å². The van der Waals surface area contributed by atoms with E-state index in [4.69, 9.17) is 4.74 Å². The lowest BCUT2D eigenvalue weighted by Gasteiger charge is -2.26. The van der Waals surface area contributed by atoms with Gasteiger partial charge in [-0.1, -0.05) is 6.92 Å². The summed E-state index contributed by atoms with van der Waals surface area (Å²) >= 11 is 0. The van der Waals surface area contributed by atoms with Crippen molar-refractivity contribution in [2.45, 2.75) is 13.3 Å². The average molecular weight is 294 g/mol. The van der Waals surface area contributed by atoms with Crippen LogP contribution in [0.4, 0.5) is 11.5 Å². The van der Waals surface area contributed by atoms with E-state index in [0.717, 1.165) is 12.6 Å². The fourth-order valence-corrected chi connectivity index (χ4v) is 2.05. The molecule has 0 atom stereocenters. The maximum Gasteiger partial charge on any atom is 0.300 e. The normalized spacial score (nSPS) is 14.8. The Morgan fingerprint density at radius 3 is 2.86 bits per heavy atom. The number of anilines is 1. The second-order valence-corrected chi connectivity index (χ2v) is 4.68. The number of hydrogen-bond acceptors (Lipinski definition) is 6. The van der Waals surface area contributed by atoms with Crippen LogP contribution in [0.25, 0.3) is 0 Å². The quantitative estimate of drug-likeness (QED) is 0.649. The summed E-state index contributed by atoms with van der Waals surface area (Å²) in [5, 5.41) is 14.1. The molecule has 0 aromatic carbocycles.